The molecule has 143 heavy (non-hydrogen) atoms. The van der Waals surface area contributed by atoms with Crippen molar-refractivity contribution in [1.82, 2.24) is 62.5 Å². The van der Waals surface area contributed by atoms with Gasteiger partial charge in [0.05, 0.1) is 11.0 Å². The molecule has 2 aromatic carbocycles. The van der Waals surface area contributed by atoms with Crippen molar-refractivity contribution in [3.63, 3.8) is 0 Å². The molecule has 47 heteroatoms. The number of carbonyl (C=O) groups is 6. The van der Waals surface area contributed by atoms with Gasteiger partial charge < -0.3 is 63.5 Å². The first-order valence-electron chi connectivity index (χ1n) is 48.7. The van der Waals surface area contributed by atoms with Crippen LogP contribution in [0.3, 0.4) is 0 Å². The molecule has 5 spiro atoms. The Morgan fingerprint density at radius 2 is 0.832 bits per heavy atom. The fourth-order valence-corrected chi connectivity index (χ4v) is 25.3. The van der Waals surface area contributed by atoms with Gasteiger partial charge in [-0.2, -0.15) is 51.3 Å². The number of rotatable bonds is 16. The van der Waals surface area contributed by atoms with Crippen molar-refractivity contribution in [3.8, 4) is 0 Å². The van der Waals surface area contributed by atoms with Crippen LogP contribution in [0.2, 0.25) is 5.15 Å². The van der Waals surface area contributed by atoms with Gasteiger partial charge in [0.15, 0.2) is 18.5 Å². The van der Waals surface area contributed by atoms with E-state index in [2.05, 4.69) is 79.1 Å². The number of benzene rings is 2. The summed E-state index contributed by atoms with van der Waals surface area (Å²) < 4.78 is 169. The maximum absolute atomic E-state index is 12.8. The Kier molecular flexibility index (Phi) is 31.5. The molecule has 39 nitrogen and oxygen atoms in total. The number of nitrogens with one attached hydrogen (secondary N) is 2. The number of likely N-dealkylation sites (tertiary alicyclic amines) is 4. The zero-order valence-electron chi connectivity index (χ0n) is 85.9. The third kappa shape index (κ3) is 28.7. The van der Waals surface area contributed by atoms with Crippen LogP contribution in [0.1, 0.15) is 242 Å². The number of nitrogens with two attached hydrogens (primary N) is 2. The minimum absolute atomic E-state index is 0.0455. The fourth-order valence-electron chi connectivity index (χ4n) is 20.4. The maximum Gasteiger partial charge on any atom is 0.493 e. The number of anilines is 2. The van der Waals surface area contributed by atoms with Gasteiger partial charge in [0.25, 0.3) is 20.4 Å². The van der Waals surface area contributed by atoms with E-state index in [-0.39, 0.29) is 94.9 Å². The molecule has 5 aliphatic heterocycles. The molecule has 6 N–H and O–H groups in total. The molecular weight excluding hydrogens is 1960 g/mol. The molecule has 0 atom stereocenters. The van der Waals surface area contributed by atoms with Gasteiger partial charge in [0.2, 0.25) is 0 Å². The maximum atomic E-state index is 12.8. The minimum atomic E-state index is -4.84. The molecule has 0 bridgehead atoms. The third-order valence-electron chi connectivity index (χ3n) is 27.5. The second-order valence-corrected chi connectivity index (χ2v) is 53.5. The van der Waals surface area contributed by atoms with E-state index in [9.17, 15) is 80.7 Å². The zero-order valence-corrected chi connectivity index (χ0v) is 89.9. The van der Waals surface area contributed by atoms with Crippen molar-refractivity contribution >= 4 is 128 Å². The molecule has 5 amide bonds. The van der Waals surface area contributed by atoms with Gasteiger partial charge in [0, 0.05) is 202 Å². The molecule has 8 heterocycles. The number of hydrogen-bond donors (Lipinski definition) is 4. The van der Waals surface area contributed by atoms with Crippen LogP contribution in [-0.4, -0.2) is 290 Å². The topological polar surface area (TPSA) is 481 Å². The number of Topliss-reactive ketones (excluding diaryl/α,β-unsaturated/α-hetero) is 1. The number of aryl methyl sites for hydroxylation is 4. The van der Waals surface area contributed by atoms with E-state index in [1.165, 1.54) is 75.3 Å². The summed E-state index contributed by atoms with van der Waals surface area (Å²) >= 11 is 5.93. The van der Waals surface area contributed by atoms with Crippen LogP contribution in [0.15, 0.2) is 65.8 Å². The molecule has 14 aliphatic rings. The first kappa shape index (κ1) is 111. The van der Waals surface area contributed by atoms with Crippen molar-refractivity contribution in [2.45, 2.75) is 330 Å². The van der Waals surface area contributed by atoms with E-state index >= 15 is 0 Å². The summed E-state index contributed by atoms with van der Waals surface area (Å²) in [6, 6.07) is 12.7. The Hall–Kier alpha value is -9.00. The summed E-state index contributed by atoms with van der Waals surface area (Å²) in [5, 5.41) is 28.3. The average Bonchev–Trinajstić information content (AvgIpc) is 1.44. The van der Waals surface area contributed by atoms with Gasteiger partial charge in [0.1, 0.15) is 51.8 Å². The van der Waals surface area contributed by atoms with Crippen molar-refractivity contribution in [3.05, 3.63) is 88.9 Å². The number of halogens is 4. The highest BCUT2D eigenvalue weighted by Gasteiger charge is 2.64. The van der Waals surface area contributed by atoms with Crippen LogP contribution in [0.4, 0.5) is 43.9 Å². The van der Waals surface area contributed by atoms with Gasteiger partial charge in [-0.05, 0) is 260 Å². The number of ketones is 1. The monoisotopic (exact) mass is 2100 g/mol. The molecule has 9 saturated carbocycles. The number of ether oxygens (including phenoxy) is 5. The predicted octanol–water partition coefficient (Wildman–Crippen LogP) is 11.0. The molecule has 9 aliphatic carbocycles. The van der Waals surface area contributed by atoms with Gasteiger partial charge in [-0.1, -0.05) is 40.7 Å². The molecule has 5 saturated heterocycles. The average molecular weight is 2100 g/mol. The molecule has 5 aromatic rings. The lowest BCUT2D eigenvalue weighted by atomic mass is 9.60. The van der Waals surface area contributed by atoms with E-state index < -0.39 is 87.5 Å². The van der Waals surface area contributed by atoms with Gasteiger partial charge in [-0.15, -0.1) is 8.42 Å². The predicted molar refractivity (Wildman–Crippen MR) is 529 cm³/mol. The number of alkyl halides is 3. The van der Waals surface area contributed by atoms with Crippen LogP contribution in [0.25, 0.3) is 21.8 Å². The second-order valence-electron chi connectivity index (χ2n) is 47.1. The smallest absolute Gasteiger partial charge is 0.493 e. The Balaban J connectivity index is 0.000000142. The summed E-state index contributed by atoms with van der Waals surface area (Å²) in [6.45, 7) is 41.3. The Morgan fingerprint density at radius 3 is 1.21 bits per heavy atom. The molecule has 19 rings (SSSR count). The Labute approximate surface area is 843 Å². The first-order valence-corrected chi connectivity index (χ1v) is 54.9. The first-order chi connectivity index (χ1) is 65.7. The van der Waals surface area contributed by atoms with Gasteiger partial charge in [-0.3, -0.25) is 9.59 Å². The van der Waals surface area contributed by atoms with E-state index in [0.29, 0.717) is 87.1 Å². The lowest BCUT2D eigenvalue weighted by molar-refractivity contribution is -0.511. The van der Waals surface area contributed by atoms with E-state index in [1.807, 2.05) is 98.3 Å². The minimum Gasteiger partial charge on any atom is -0.594 e. The Morgan fingerprint density at radius 1 is 0.476 bits per heavy atom. The highest BCUT2D eigenvalue weighted by atomic mass is 35.5. The molecule has 0 radical (unpaired) electrons. The summed E-state index contributed by atoms with van der Waals surface area (Å²) in [5.41, 5.74) is 5.04. The van der Waals surface area contributed by atoms with Crippen LogP contribution < -0.4 is 39.2 Å². The summed E-state index contributed by atoms with van der Waals surface area (Å²) in [6.07, 6.45) is 13.7. The van der Waals surface area contributed by atoms with Crippen LogP contribution in [0, 0.1) is 54.8 Å². The SMILES string of the molecule is CC(C)(C)OC(=O)N1CC2(CC(=O)C2)C1.CC(C)(C)OC(=O)N1CC2(CC(NC3CC3)C2)C1.CC(C)(C)OC(=O)NS(=O)(=O)N(C1CC1)C1CC2(C1)CN(C(=O)OC(C)(C)C)C2.CN(C)c1cc[n+](S(=O)(=O)N=C([O-])OC(C)(C)C)cc1.Cc1cc2ncnc(Cl)c2cc1C.Cc1cc2ncnc(N3CC4(CC(N(C5CC5)S(N)(=O)=O)C4)C3)c2cc1C.NS(=O)(=O)N(C1CC1)C1CC2(C1)CN(C(=O)C(F)(F)F)C2. The number of aromatic nitrogens is 5. The zero-order chi connectivity index (χ0) is 106. The van der Waals surface area contributed by atoms with Crippen molar-refractivity contribution in [1.29, 1.82) is 0 Å². The normalized spacial score (nSPS) is 21.9. The number of fused-ring (bicyclic) bond motifs is 2. The van der Waals surface area contributed by atoms with Crippen LogP contribution >= 0.6 is 11.6 Å². The number of amides is 5. The Bertz CT molecular complexity index is 6070. The molecule has 14 fully saturated rings. The number of pyridine rings is 1. The third-order valence-corrected chi connectivity index (χ3v) is 32.9. The standard InChI is InChI=1S/C19H25N5O2S.C19H33N3O6S.C14H24N2O2.C12H19N3O4S.C11H16F3N3O3S.C11H17NO3.C10H9ClN2/c1-12-5-16-17(6-13(12)2)21-11-22-18(16)23-9-19(10-23)7-15(8-19)24(14-3-4-14)27(20,25)26;1-17(2,3)27-15(23)20-29(25,26)22(13-7-8-13)14-9-19(10-14)11-21(12-19)16(24)28-18(4,5)6;1-13(2,3)18-12(17)16-8-14(9-16)6-11(7-14)15-10-4-5-10;1-12(2,3)19-11(16)13-20(17,18)15-8-6-10(7-9-15)14(4)5;12-11(13,14)9(18)16-5-10(6-16)3-8(4-10)17(7-1-2-7)21(15,19)20;1-10(2,3)15-9(14)12-6-11(7-12)4-8(13)5-11;1-6-3-8-9(4-7(6)2)12-5-13-10(8)11/h5-6,11,14-15H,3-4,7-10H2,1-2H3,(H2,20,25,26);13-14H,7-12H2,1-6H3,(H,20,23);10-11,15H,4-9H2,1-3H3;6-9H,1-5H3;7-8H,1-6H2,(H2,15,19,20);4-7H2,1-3H3;3-5H,1-2H3. The second kappa shape index (κ2) is 40.6. The molecule has 794 valence electrons. The van der Waals surface area contributed by atoms with Crippen molar-refractivity contribution in [2.75, 3.05) is 89.3 Å². The largest absolute Gasteiger partial charge is 0.594 e. The molecule has 3 aromatic heterocycles. The van der Waals surface area contributed by atoms with Gasteiger partial charge >= 0.3 is 56.9 Å². The summed E-state index contributed by atoms with van der Waals surface area (Å²) in [7, 11) is -11.8. The van der Waals surface area contributed by atoms with E-state index in [1.54, 1.807) is 74.1 Å². The summed E-state index contributed by atoms with van der Waals surface area (Å²) in [5.74, 6) is -0.511. The number of carbonyl (C=O) groups excluding carboxylic acids is 6. The van der Waals surface area contributed by atoms with E-state index in [4.69, 9.17) is 45.6 Å². The number of hydrogen-bond acceptors (Lipinski definition) is 27. The van der Waals surface area contributed by atoms with Crippen molar-refractivity contribution in [2.24, 2.45) is 41.8 Å². The highest BCUT2D eigenvalue weighted by Crippen LogP contribution is 2.57. The van der Waals surface area contributed by atoms with Gasteiger partial charge in [-0.25, -0.2) is 54.1 Å². The van der Waals surface area contributed by atoms with Crippen molar-refractivity contribution < 1.29 is 108 Å². The summed E-state index contributed by atoms with van der Waals surface area (Å²) in [4.78, 5) is 96.6. The van der Waals surface area contributed by atoms with Crippen LogP contribution in [-0.2, 0) is 74.1 Å². The highest BCUT2D eigenvalue weighted by molar-refractivity contribution is 7.88. The van der Waals surface area contributed by atoms with E-state index in [0.717, 1.165) is 126 Å². The van der Waals surface area contributed by atoms with Crippen LogP contribution in [0.5, 0.6) is 0 Å². The quantitative estimate of drug-likeness (QED) is 0.0234. The number of nitrogens with zero attached hydrogens (tertiary/aromatic N) is 15. The molecule has 0 unspecified atom stereocenters. The fraction of sp³-hybridized carbons (Fsp3) is 0.708. The lowest BCUT2D eigenvalue weighted by Gasteiger charge is -2.61. The lowest BCUT2D eigenvalue weighted by Crippen LogP contribution is -2.69. The molecular formula is C96H143ClF3N19O20S4.